The molecule has 2 aliphatic rings. The van der Waals surface area contributed by atoms with Gasteiger partial charge in [-0.2, -0.15) is 0 Å². The van der Waals surface area contributed by atoms with Gasteiger partial charge < -0.3 is 20.2 Å². The first kappa shape index (κ1) is 27.8. The molecule has 0 aliphatic carbocycles. The maximum absolute atomic E-state index is 12.0. The van der Waals surface area contributed by atoms with Crippen molar-refractivity contribution in [1.82, 2.24) is 20.8 Å². The minimum atomic E-state index is -0.0538. The molecular formula is C28H40N4O4. The molecule has 36 heavy (non-hydrogen) atoms. The summed E-state index contributed by atoms with van der Waals surface area (Å²) in [4.78, 5) is 27.9. The van der Waals surface area contributed by atoms with E-state index in [0.29, 0.717) is 25.9 Å². The van der Waals surface area contributed by atoms with Crippen LogP contribution < -0.4 is 11.0 Å². The Balaban J connectivity index is 0.000000201. The van der Waals surface area contributed by atoms with E-state index >= 15 is 0 Å². The molecule has 2 heterocycles. The van der Waals surface area contributed by atoms with Gasteiger partial charge in [0.2, 0.25) is 11.8 Å². The van der Waals surface area contributed by atoms with Crippen molar-refractivity contribution < 1.29 is 20.0 Å². The van der Waals surface area contributed by atoms with Gasteiger partial charge in [-0.05, 0) is 38.8 Å². The lowest BCUT2D eigenvalue weighted by Gasteiger charge is -2.26. The largest absolute Gasteiger partial charge is 0.336 e. The minimum Gasteiger partial charge on any atom is -0.336 e. The van der Waals surface area contributed by atoms with Crippen LogP contribution in [0, 0.1) is 11.8 Å². The average Bonchev–Trinajstić information content (AvgIpc) is 3.50. The van der Waals surface area contributed by atoms with Crippen molar-refractivity contribution in [2.24, 2.45) is 11.8 Å². The summed E-state index contributed by atoms with van der Waals surface area (Å²) in [5, 5.41) is 17.9. The highest BCUT2D eigenvalue weighted by Crippen LogP contribution is 2.30. The van der Waals surface area contributed by atoms with Gasteiger partial charge in [-0.1, -0.05) is 60.7 Å². The van der Waals surface area contributed by atoms with Crippen LogP contribution in [0.5, 0.6) is 0 Å². The summed E-state index contributed by atoms with van der Waals surface area (Å²) < 4.78 is 0. The van der Waals surface area contributed by atoms with Crippen LogP contribution >= 0.6 is 0 Å². The molecule has 6 atom stereocenters. The van der Waals surface area contributed by atoms with Gasteiger partial charge >= 0.3 is 0 Å². The van der Waals surface area contributed by atoms with Gasteiger partial charge in [0.25, 0.3) is 0 Å². The number of rotatable bonds is 8. The van der Waals surface area contributed by atoms with Gasteiger partial charge in [-0.3, -0.25) is 9.59 Å². The Morgan fingerprint density at radius 1 is 0.667 bits per heavy atom. The van der Waals surface area contributed by atoms with Crippen molar-refractivity contribution in [3.63, 3.8) is 0 Å². The van der Waals surface area contributed by atoms with Gasteiger partial charge in [-0.25, -0.2) is 11.0 Å². The van der Waals surface area contributed by atoms with Crippen molar-refractivity contribution >= 4 is 11.8 Å². The molecular weight excluding hydrogens is 456 g/mol. The van der Waals surface area contributed by atoms with E-state index in [1.807, 2.05) is 98.2 Å². The molecule has 0 radical (unpaired) electrons. The number of nitrogens with one attached hydrogen (secondary N) is 2. The summed E-state index contributed by atoms with van der Waals surface area (Å²) in [7, 11) is 0. The molecule has 4 N–H and O–H groups in total. The molecule has 196 valence electrons. The summed E-state index contributed by atoms with van der Waals surface area (Å²) in [5.41, 5.74) is 6.79. The van der Waals surface area contributed by atoms with Crippen LogP contribution in [0.3, 0.4) is 0 Å². The fourth-order valence-corrected chi connectivity index (χ4v) is 4.97. The molecule has 2 aromatic carbocycles. The molecule has 0 bridgehead atoms. The minimum absolute atomic E-state index is 0.0538. The molecule has 8 nitrogen and oxygen atoms in total. The second kappa shape index (κ2) is 13.0. The second-order valence-electron chi connectivity index (χ2n) is 10.0. The quantitative estimate of drug-likeness (QED) is 0.413. The Kier molecular flexibility index (Phi) is 10.0. The molecule has 0 spiro atoms. The monoisotopic (exact) mass is 496 g/mol. The third-order valence-electron chi connectivity index (χ3n) is 7.70. The van der Waals surface area contributed by atoms with E-state index < -0.39 is 0 Å². The van der Waals surface area contributed by atoms with Crippen LogP contribution in [0.25, 0.3) is 0 Å². The molecule has 8 heteroatoms. The Labute approximate surface area is 214 Å². The Morgan fingerprint density at radius 3 is 1.31 bits per heavy atom. The highest BCUT2D eigenvalue weighted by molar-refractivity contribution is 5.79. The third-order valence-corrected chi connectivity index (χ3v) is 7.70. The van der Waals surface area contributed by atoms with Crippen molar-refractivity contribution in [2.45, 2.75) is 64.7 Å². The molecule has 2 fully saturated rings. The summed E-state index contributed by atoms with van der Waals surface area (Å²) in [5.74, 6) is 0.680. The molecule has 0 saturated carbocycles. The number of carbonyl (C=O) groups is 2. The second-order valence-corrected chi connectivity index (χ2v) is 10.0. The zero-order valence-electron chi connectivity index (χ0n) is 21.7. The highest BCUT2D eigenvalue weighted by atomic mass is 16.5. The van der Waals surface area contributed by atoms with E-state index in [1.54, 1.807) is 0 Å². The Bertz CT molecular complexity index is 895. The molecule has 4 rings (SSSR count). The molecule has 2 amide bonds. The van der Waals surface area contributed by atoms with Crippen LogP contribution in [-0.2, 0) is 9.59 Å². The van der Waals surface area contributed by atoms with E-state index in [-0.39, 0.29) is 47.8 Å². The van der Waals surface area contributed by atoms with Crippen LogP contribution in [0.2, 0.25) is 0 Å². The SMILES string of the molecule is CC(NO)[C@@H]1CC(=O)N([C@H](C)c2ccccc2)C1.CC(NO)[C@H]1CC(=O)N([C@H](C)c2ccccc2)C1. The Morgan fingerprint density at radius 2 is 1.00 bits per heavy atom. The van der Waals surface area contributed by atoms with Crippen molar-refractivity contribution in [3.05, 3.63) is 71.8 Å². The van der Waals surface area contributed by atoms with Gasteiger partial charge in [0.05, 0.1) is 12.1 Å². The Hall–Kier alpha value is -2.78. The van der Waals surface area contributed by atoms with Gasteiger partial charge in [0.1, 0.15) is 0 Å². The molecule has 0 aromatic heterocycles. The number of carbonyl (C=O) groups excluding carboxylic acids is 2. The van der Waals surface area contributed by atoms with Crippen molar-refractivity contribution in [1.29, 1.82) is 0 Å². The molecule has 2 aliphatic heterocycles. The fourth-order valence-electron chi connectivity index (χ4n) is 4.97. The first-order valence-electron chi connectivity index (χ1n) is 12.7. The molecule has 2 aromatic rings. The third kappa shape index (κ3) is 6.70. The van der Waals surface area contributed by atoms with Crippen LogP contribution in [-0.4, -0.2) is 57.2 Å². The maximum atomic E-state index is 12.0. The van der Waals surface area contributed by atoms with E-state index in [2.05, 4.69) is 11.0 Å². The van der Waals surface area contributed by atoms with Crippen molar-refractivity contribution in [3.8, 4) is 0 Å². The lowest BCUT2D eigenvalue weighted by Crippen LogP contribution is -2.34. The summed E-state index contributed by atoms with van der Waals surface area (Å²) in [6, 6.07) is 20.1. The number of hydroxylamine groups is 2. The zero-order chi connectivity index (χ0) is 26.2. The predicted molar refractivity (Wildman–Crippen MR) is 138 cm³/mol. The van der Waals surface area contributed by atoms with Gasteiger partial charge in [-0.15, -0.1) is 0 Å². The summed E-state index contributed by atoms with van der Waals surface area (Å²) in [6.45, 7) is 9.29. The lowest BCUT2D eigenvalue weighted by molar-refractivity contribution is -0.130. The topological polar surface area (TPSA) is 105 Å². The zero-order valence-corrected chi connectivity index (χ0v) is 21.7. The van der Waals surface area contributed by atoms with Crippen LogP contribution in [0.15, 0.2) is 60.7 Å². The number of benzene rings is 2. The normalized spacial score (nSPS) is 23.2. The van der Waals surface area contributed by atoms with E-state index in [0.717, 1.165) is 11.1 Å². The summed E-state index contributed by atoms with van der Waals surface area (Å²) >= 11 is 0. The average molecular weight is 497 g/mol. The first-order valence-corrected chi connectivity index (χ1v) is 12.7. The van der Waals surface area contributed by atoms with Gasteiger partial charge in [0.15, 0.2) is 0 Å². The van der Waals surface area contributed by atoms with E-state index in [1.165, 1.54) is 0 Å². The number of nitrogens with zero attached hydrogens (tertiary/aromatic N) is 2. The number of hydrogen-bond acceptors (Lipinski definition) is 6. The van der Waals surface area contributed by atoms with Crippen LogP contribution in [0.1, 0.15) is 63.7 Å². The number of hydrogen-bond donors (Lipinski definition) is 4. The highest BCUT2D eigenvalue weighted by Gasteiger charge is 2.36. The molecule has 2 saturated heterocycles. The van der Waals surface area contributed by atoms with Crippen LogP contribution in [0.4, 0.5) is 0 Å². The van der Waals surface area contributed by atoms with Gasteiger partial charge in [0, 0.05) is 49.9 Å². The number of amides is 2. The van der Waals surface area contributed by atoms with Crippen molar-refractivity contribution in [2.75, 3.05) is 13.1 Å². The number of likely N-dealkylation sites (tertiary alicyclic amines) is 2. The lowest BCUT2D eigenvalue weighted by atomic mass is 10.0. The fraction of sp³-hybridized carbons (Fsp3) is 0.500. The summed E-state index contributed by atoms with van der Waals surface area (Å²) in [6.07, 6.45) is 1.01. The first-order chi connectivity index (χ1) is 17.3. The predicted octanol–water partition coefficient (Wildman–Crippen LogP) is 3.93. The standard InChI is InChI=1S/2C14H20N2O2/c2*1-10(15-18)13-8-14(17)16(9-13)11(2)12-6-4-3-5-7-12/h2*3-7,10-11,13,15,18H,8-9H2,1-2H3/t10?,11-,13+;10?,11-,13-/m11/s1. The molecule has 2 unspecified atom stereocenters. The van der Waals surface area contributed by atoms with E-state index in [9.17, 15) is 9.59 Å². The maximum Gasteiger partial charge on any atom is 0.223 e. The van der Waals surface area contributed by atoms with E-state index in [4.69, 9.17) is 10.4 Å². The smallest absolute Gasteiger partial charge is 0.223 e.